The molecule has 1 aliphatic rings. The molecule has 3 aromatic rings. The average molecular weight is 372 g/mol. The Kier molecular flexibility index (Phi) is 4.61. The number of para-hydroxylation sites is 1. The predicted octanol–water partition coefficient (Wildman–Crippen LogP) is 4.01. The number of rotatable bonds is 4. The van der Waals surface area contributed by atoms with Crippen molar-refractivity contribution in [2.75, 3.05) is 10.2 Å². The second-order valence-corrected chi connectivity index (χ2v) is 6.91. The van der Waals surface area contributed by atoms with Crippen molar-refractivity contribution in [3.63, 3.8) is 0 Å². The van der Waals surface area contributed by atoms with Crippen LogP contribution in [0.5, 0.6) is 0 Å². The normalized spacial score (nSPS) is 15.2. The number of nitrogens with one attached hydrogen (secondary N) is 1. The van der Waals surface area contributed by atoms with E-state index in [0.717, 1.165) is 12.1 Å². The van der Waals surface area contributed by atoms with Crippen molar-refractivity contribution in [2.45, 2.75) is 26.3 Å². The molecule has 2 aromatic carbocycles. The van der Waals surface area contributed by atoms with Gasteiger partial charge in [-0.2, -0.15) is 0 Å². The van der Waals surface area contributed by atoms with Gasteiger partial charge in [-0.25, -0.2) is 9.97 Å². The monoisotopic (exact) mass is 372 g/mol. The second-order valence-electron chi connectivity index (χ2n) is 6.91. The zero-order valence-corrected chi connectivity index (χ0v) is 15.7. The molecule has 2 heterocycles. The van der Waals surface area contributed by atoms with Crippen LogP contribution in [0.15, 0.2) is 60.9 Å². The van der Waals surface area contributed by atoms with E-state index in [-0.39, 0.29) is 17.7 Å². The highest BCUT2D eigenvalue weighted by Gasteiger charge is 2.28. The molecular formula is C22H20N4O2. The number of fused-ring (bicyclic) bond motifs is 1. The summed E-state index contributed by atoms with van der Waals surface area (Å²) in [5.74, 6) is 0.207. The minimum absolute atomic E-state index is 0.0520. The van der Waals surface area contributed by atoms with Gasteiger partial charge in [0.2, 0.25) is 5.95 Å². The number of ketones is 1. The van der Waals surface area contributed by atoms with Crippen LogP contribution in [0.2, 0.25) is 0 Å². The number of aromatic nitrogens is 2. The zero-order valence-electron chi connectivity index (χ0n) is 15.7. The van der Waals surface area contributed by atoms with E-state index in [2.05, 4.69) is 39.2 Å². The van der Waals surface area contributed by atoms with Gasteiger partial charge in [-0.1, -0.05) is 30.3 Å². The lowest BCUT2D eigenvalue weighted by molar-refractivity contribution is 0.101. The summed E-state index contributed by atoms with van der Waals surface area (Å²) in [4.78, 5) is 34.9. The molecule has 140 valence electrons. The third-order valence-corrected chi connectivity index (χ3v) is 4.85. The van der Waals surface area contributed by atoms with E-state index < -0.39 is 0 Å². The largest absolute Gasteiger partial charge is 0.322 e. The fraction of sp³-hybridized carbons (Fsp3) is 0.182. The quantitative estimate of drug-likeness (QED) is 0.700. The van der Waals surface area contributed by atoms with Crippen molar-refractivity contribution in [1.82, 2.24) is 9.97 Å². The lowest BCUT2D eigenvalue weighted by Crippen LogP contribution is -2.26. The highest BCUT2D eigenvalue weighted by Crippen LogP contribution is 2.36. The van der Waals surface area contributed by atoms with Crippen LogP contribution < -0.4 is 10.2 Å². The molecule has 6 nitrogen and oxygen atoms in total. The smallest absolute Gasteiger partial charge is 0.258 e. The number of hydrogen-bond acceptors (Lipinski definition) is 5. The molecule has 0 saturated heterocycles. The first-order valence-electron chi connectivity index (χ1n) is 9.14. The summed E-state index contributed by atoms with van der Waals surface area (Å²) in [5, 5.41) is 2.78. The topological polar surface area (TPSA) is 75.2 Å². The minimum Gasteiger partial charge on any atom is -0.322 e. The van der Waals surface area contributed by atoms with E-state index in [1.807, 2.05) is 12.1 Å². The number of Topliss-reactive ketones (excluding diaryl/α,β-unsaturated/α-hetero) is 1. The van der Waals surface area contributed by atoms with Crippen molar-refractivity contribution >= 4 is 29.0 Å². The maximum Gasteiger partial charge on any atom is 0.258 e. The molecule has 0 spiro atoms. The van der Waals surface area contributed by atoms with E-state index in [1.54, 1.807) is 24.3 Å². The van der Waals surface area contributed by atoms with Crippen LogP contribution >= 0.6 is 0 Å². The summed E-state index contributed by atoms with van der Waals surface area (Å²) in [5.41, 5.74) is 3.84. The first-order chi connectivity index (χ1) is 13.5. The maximum absolute atomic E-state index is 12.5. The molecule has 4 rings (SSSR count). The molecule has 0 aliphatic carbocycles. The van der Waals surface area contributed by atoms with E-state index >= 15 is 0 Å². The number of anilines is 3. The van der Waals surface area contributed by atoms with Crippen molar-refractivity contribution in [2.24, 2.45) is 0 Å². The summed E-state index contributed by atoms with van der Waals surface area (Å²) in [6, 6.07) is 15.3. The Morgan fingerprint density at radius 1 is 1.04 bits per heavy atom. The Morgan fingerprint density at radius 2 is 1.79 bits per heavy atom. The van der Waals surface area contributed by atoms with Gasteiger partial charge in [0.25, 0.3) is 5.91 Å². The summed E-state index contributed by atoms with van der Waals surface area (Å²) >= 11 is 0. The van der Waals surface area contributed by atoms with Crippen LogP contribution in [0.25, 0.3) is 0 Å². The van der Waals surface area contributed by atoms with Crippen LogP contribution in [0.4, 0.5) is 17.3 Å². The van der Waals surface area contributed by atoms with E-state index in [4.69, 9.17) is 0 Å². The summed E-state index contributed by atoms with van der Waals surface area (Å²) < 4.78 is 0. The zero-order chi connectivity index (χ0) is 19.7. The van der Waals surface area contributed by atoms with Gasteiger partial charge in [0.1, 0.15) is 0 Å². The van der Waals surface area contributed by atoms with Crippen molar-refractivity contribution < 1.29 is 9.59 Å². The lowest BCUT2D eigenvalue weighted by atomic mass is 10.1. The van der Waals surface area contributed by atoms with Crippen LogP contribution in [-0.2, 0) is 6.42 Å². The lowest BCUT2D eigenvalue weighted by Gasteiger charge is -2.22. The van der Waals surface area contributed by atoms with E-state index in [1.165, 1.54) is 24.9 Å². The molecular weight excluding hydrogens is 352 g/mol. The molecule has 1 N–H and O–H groups in total. The van der Waals surface area contributed by atoms with Crippen LogP contribution in [0, 0.1) is 0 Å². The average Bonchev–Trinajstić information content (AvgIpc) is 3.04. The van der Waals surface area contributed by atoms with Crippen molar-refractivity contribution in [1.29, 1.82) is 0 Å². The number of carbonyl (C=O) groups excluding carboxylic acids is 2. The maximum atomic E-state index is 12.5. The fourth-order valence-electron chi connectivity index (χ4n) is 3.45. The molecule has 1 aromatic heterocycles. The minimum atomic E-state index is -0.317. The number of nitrogens with zero attached hydrogens (tertiary/aromatic N) is 3. The van der Waals surface area contributed by atoms with Crippen LogP contribution in [-0.4, -0.2) is 27.7 Å². The Hall–Kier alpha value is -3.54. The van der Waals surface area contributed by atoms with Gasteiger partial charge in [0.05, 0.1) is 5.56 Å². The molecule has 1 unspecified atom stereocenters. The number of hydrogen-bond donors (Lipinski definition) is 1. The molecule has 0 fully saturated rings. The predicted molar refractivity (Wildman–Crippen MR) is 108 cm³/mol. The summed E-state index contributed by atoms with van der Waals surface area (Å²) in [7, 11) is 0. The van der Waals surface area contributed by atoms with Crippen molar-refractivity contribution in [3.05, 3.63) is 77.6 Å². The highest BCUT2D eigenvalue weighted by molar-refractivity contribution is 6.04. The standard InChI is InChI=1S/C22H20N4O2/c1-14-10-17-6-3-4-9-20(17)26(14)22-23-12-18(13-24-22)21(28)25-19-8-5-7-16(11-19)15(2)27/h3-9,11-14H,10H2,1-2H3,(H,25,28). The van der Waals surface area contributed by atoms with Gasteiger partial charge in [-0.05, 0) is 44.0 Å². The molecule has 28 heavy (non-hydrogen) atoms. The molecule has 1 aliphatic heterocycles. The number of benzene rings is 2. The number of carbonyl (C=O) groups is 2. The van der Waals surface area contributed by atoms with Gasteiger partial charge in [0.15, 0.2) is 5.78 Å². The summed E-state index contributed by atoms with van der Waals surface area (Å²) in [6.45, 7) is 3.62. The first-order valence-corrected chi connectivity index (χ1v) is 9.14. The van der Waals surface area contributed by atoms with Gasteiger partial charge in [-0.3, -0.25) is 9.59 Å². The first kappa shape index (κ1) is 17.9. The fourth-order valence-corrected chi connectivity index (χ4v) is 3.45. The SMILES string of the molecule is CC(=O)c1cccc(NC(=O)c2cnc(N3c4ccccc4CC3C)nc2)c1. The molecule has 0 saturated carbocycles. The van der Waals surface area contributed by atoms with Gasteiger partial charge < -0.3 is 10.2 Å². The van der Waals surface area contributed by atoms with Gasteiger partial charge in [-0.15, -0.1) is 0 Å². The Bertz CT molecular complexity index is 1050. The second kappa shape index (κ2) is 7.23. The summed E-state index contributed by atoms with van der Waals surface area (Å²) in [6.07, 6.45) is 3.99. The Morgan fingerprint density at radius 3 is 2.54 bits per heavy atom. The third kappa shape index (κ3) is 3.36. The Labute approximate surface area is 163 Å². The molecule has 0 bridgehead atoms. The van der Waals surface area contributed by atoms with E-state index in [9.17, 15) is 9.59 Å². The highest BCUT2D eigenvalue weighted by atomic mass is 16.1. The van der Waals surface area contributed by atoms with Gasteiger partial charge >= 0.3 is 0 Å². The molecule has 0 radical (unpaired) electrons. The molecule has 6 heteroatoms. The van der Waals surface area contributed by atoms with E-state index in [0.29, 0.717) is 22.8 Å². The third-order valence-electron chi connectivity index (χ3n) is 4.85. The Balaban J connectivity index is 1.53. The van der Waals surface area contributed by atoms with Crippen molar-refractivity contribution in [3.8, 4) is 0 Å². The van der Waals surface area contributed by atoms with Crippen LogP contribution in [0.3, 0.4) is 0 Å². The number of amides is 1. The van der Waals surface area contributed by atoms with Crippen LogP contribution in [0.1, 0.15) is 40.1 Å². The molecule has 1 atom stereocenters. The molecule has 1 amide bonds. The van der Waals surface area contributed by atoms with Gasteiger partial charge in [0, 0.05) is 35.4 Å².